The van der Waals surface area contributed by atoms with Gasteiger partial charge < -0.3 is 10.2 Å². The van der Waals surface area contributed by atoms with E-state index in [4.69, 9.17) is 11.6 Å². The van der Waals surface area contributed by atoms with Gasteiger partial charge in [-0.25, -0.2) is 9.37 Å². The Labute approximate surface area is 164 Å². The second-order valence-corrected chi connectivity index (χ2v) is 7.97. The minimum Gasteiger partial charge on any atom is -0.369 e. The van der Waals surface area contributed by atoms with Gasteiger partial charge in [-0.05, 0) is 31.0 Å². The number of aromatic nitrogens is 3. The summed E-state index contributed by atoms with van der Waals surface area (Å²) >= 11 is 7.27. The van der Waals surface area contributed by atoms with Crippen LogP contribution in [0, 0.1) is 5.82 Å². The number of rotatable bonds is 5. The van der Waals surface area contributed by atoms with Crippen LogP contribution in [0.1, 0.15) is 25.5 Å². The molecule has 6 nitrogen and oxygen atoms in total. The molecule has 2 aromatic heterocycles. The summed E-state index contributed by atoms with van der Waals surface area (Å²) in [5.41, 5.74) is 1.55. The van der Waals surface area contributed by atoms with E-state index in [1.807, 2.05) is 0 Å². The monoisotopic (exact) mass is 407 g/mol. The first-order valence-electron chi connectivity index (χ1n) is 8.90. The van der Waals surface area contributed by atoms with Crippen LogP contribution in [0.2, 0.25) is 5.02 Å². The predicted molar refractivity (Wildman–Crippen MR) is 107 cm³/mol. The zero-order chi connectivity index (χ0) is 19.0. The van der Waals surface area contributed by atoms with Crippen LogP contribution in [0.25, 0.3) is 4.96 Å². The maximum Gasteiger partial charge on any atom is 0.275 e. The molecule has 1 unspecified atom stereocenters. The van der Waals surface area contributed by atoms with Gasteiger partial charge in [-0.2, -0.15) is 4.52 Å². The fourth-order valence-electron chi connectivity index (χ4n) is 3.27. The van der Waals surface area contributed by atoms with Crippen molar-refractivity contribution in [3.05, 3.63) is 51.2 Å². The molecule has 4 rings (SSSR count). The van der Waals surface area contributed by atoms with Crippen LogP contribution in [0.4, 0.5) is 15.2 Å². The molecule has 1 aromatic carbocycles. The summed E-state index contributed by atoms with van der Waals surface area (Å²) in [5, 5.41) is 8.56. The van der Waals surface area contributed by atoms with Gasteiger partial charge in [0, 0.05) is 36.6 Å². The van der Waals surface area contributed by atoms with Gasteiger partial charge in [-0.3, -0.25) is 4.79 Å². The first kappa shape index (κ1) is 18.2. The number of nitrogens with zero attached hydrogens (tertiary/aromatic N) is 4. The number of anilines is 2. The van der Waals surface area contributed by atoms with Crippen LogP contribution < -0.4 is 15.8 Å². The molecule has 3 heterocycles. The van der Waals surface area contributed by atoms with E-state index in [1.165, 1.54) is 21.9 Å². The largest absolute Gasteiger partial charge is 0.369 e. The Morgan fingerprint density at radius 3 is 3.04 bits per heavy atom. The predicted octanol–water partition coefficient (Wildman–Crippen LogP) is 3.59. The second kappa shape index (κ2) is 7.44. The van der Waals surface area contributed by atoms with E-state index in [0.717, 1.165) is 43.7 Å². The Bertz CT molecular complexity index is 1040. The average Bonchev–Trinajstić information content (AvgIpc) is 3.25. The van der Waals surface area contributed by atoms with E-state index >= 15 is 0 Å². The Kier molecular flexibility index (Phi) is 5.01. The van der Waals surface area contributed by atoms with E-state index < -0.39 is 5.82 Å². The van der Waals surface area contributed by atoms with E-state index in [0.29, 0.717) is 10.1 Å². The number of halogens is 2. The molecule has 0 amide bonds. The summed E-state index contributed by atoms with van der Waals surface area (Å²) in [4.78, 5) is 19.5. The van der Waals surface area contributed by atoms with E-state index in [1.54, 1.807) is 18.2 Å². The van der Waals surface area contributed by atoms with Crippen molar-refractivity contribution in [2.75, 3.05) is 23.3 Å². The van der Waals surface area contributed by atoms with Crippen LogP contribution in [0.15, 0.2) is 29.1 Å². The van der Waals surface area contributed by atoms with Gasteiger partial charge in [-0.15, -0.1) is 5.10 Å². The lowest BCUT2D eigenvalue weighted by Crippen LogP contribution is -2.26. The Hall–Kier alpha value is -2.19. The maximum absolute atomic E-state index is 13.4. The van der Waals surface area contributed by atoms with Crippen molar-refractivity contribution in [2.45, 2.75) is 32.2 Å². The van der Waals surface area contributed by atoms with Crippen molar-refractivity contribution >= 4 is 38.7 Å². The highest BCUT2D eigenvalue weighted by molar-refractivity contribution is 7.20. The van der Waals surface area contributed by atoms with Crippen LogP contribution in [-0.4, -0.2) is 33.7 Å². The van der Waals surface area contributed by atoms with Gasteiger partial charge in [0.15, 0.2) is 0 Å². The lowest BCUT2D eigenvalue weighted by Gasteiger charge is -2.19. The number of nitrogens with one attached hydrogen (secondary N) is 1. The van der Waals surface area contributed by atoms with Crippen molar-refractivity contribution in [1.29, 1.82) is 0 Å². The molecule has 0 saturated carbocycles. The zero-order valence-electron chi connectivity index (χ0n) is 14.8. The third-order valence-corrected chi connectivity index (χ3v) is 5.72. The summed E-state index contributed by atoms with van der Waals surface area (Å²) in [6.07, 6.45) is 2.64. The quantitative estimate of drug-likeness (QED) is 0.700. The Morgan fingerprint density at radius 2 is 2.26 bits per heavy atom. The Balaban J connectivity index is 1.49. The van der Waals surface area contributed by atoms with Crippen LogP contribution >= 0.6 is 22.9 Å². The number of aryl methyl sites for hydroxylation is 1. The Morgan fingerprint density at radius 1 is 1.41 bits per heavy atom. The molecule has 1 atom stereocenters. The fourth-order valence-corrected chi connectivity index (χ4v) is 4.34. The molecule has 0 radical (unpaired) electrons. The average molecular weight is 408 g/mol. The highest BCUT2D eigenvalue weighted by atomic mass is 35.5. The van der Waals surface area contributed by atoms with Gasteiger partial charge in [0.25, 0.3) is 5.56 Å². The fraction of sp³-hybridized carbons (Fsp3) is 0.389. The third kappa shape index (κ3) is 3.77. The molecule has 3 aromatic rings. The van der Waals surface area contributed by atoms with Crippen molar-refractivity contribution in [1.82, 2.24) is 14.6 Å². The van der Waals surface area contributed by atoms with Crippen molar-refractivity contribution in [3.63, 3.8) is 0 Å². The maximum atomic E-state index is 13.4. The molecule has 142 valence electrons. The van der Waals surface area contributed by atoms with Gasteiger partial charge in [0.1, 0.15) is 5.82 Å². The second-order valence-electron chi connectivity index (χ2n) is 6.61. The first-order chi connectivity index (χ1) is 13.0. The topological polar surface area (TPSA) is 62.5 Å². The molecule has 1 fully saturated rings. The van der Waals surface area contributed by atoms with Crippen LogP contribution in [0.3, 0.4) is 0 Å². The van der Waals surface area contributed by atoms with Gasteiger partial charge >= 0.3 is 0 Å². The van der Waals surface area contributed by atoms with Gasteiger partial charge in [-0.1, -0.05) is 36.3 Å². The molecule has 0 spiro atoms. The zero-order valence-corrected chi connectivity index (χ0v) is 16.4. The highest BCUT2D eigenvalue weighted by Crippen LogP contribution is 2.27. The normalized spacial score (nSPS) is 17.0. The van der Waals surface area contributed by atoms with Crippen LogP contribution in [0.5, 0.6) is 0 Å². The molecular weight excluding hydrogens is 389 g/mol. The summed E-state index contributed by atoms with van der Waals surface area (Å²) in [7, 11) is 0. The highest BCUT2D eigenvalue weighted by Gasteiger charge is 2.24. The minimum absolute atomic E-state index is 0.128. The minimum atomic E-state index is -0.413. The van der Waals surface area contributed by atoms with E-state index in [9.17, 15) is 9.18 Å². The van der Waals surface area contributed by atoms with E-state index in [2.05, 4.69) is 27.2 Å². The molecule has 27 heavy (non-hydrogen) atoms. The van der Waals surface area contributed by atoms with Crippen molar-refractivity contribution < 1.29 is 4.39 Å². The summed E-state index contributed by atoms with van der Waals surface area (Å²) in [6, 6.07) is 6.50. The van der Waals surface area contributed by atoms with Gasteiger partial charge in [0.2, 0.25) is 10.1 Å². The number of fused-ring (bicyclic) bond motifs is 1. The van der Waals surface area contributed by atoms with Crippen LogP contribution in [-0.2, 0) is 6.42 Å². The number of benzene rings is 1. The van der Waals surface area contributed by atoms with Crippen molar-refractivity contribution in [2.24, 2.45) is 0 Å². The molecule has 1 aliphatic heterocycles. The molecule has 0 aliphatic carbocycles. The first-order valence-corrected chi connectivity index (χ1v) is 10.1. The molecule has 1 saturated heterocycles. The SMILES string of the molecule is CCCc1cc(=O)n2nc(NC3CCN(c4ccc(F)c(Cl)c4)C3)sc2n1. The number of hydrogen-bond acceptors (Lipinski definition) is 6. The lowest BCUT2D eigenvalue weighted by atomic mass is 10.2. The molecular formula is C18H19ClFN5OS. The van der Waals surface area contributed by atoms with E-state index in [-0.39, 0.29) is 16.6 Å². The summed E-state index contributed by atoms with van der Waals surface area (Å²) in [5.74, 6) is -0.413. The van der Waals surface area contributed by atoms with Gasteiger partial charge in [0.05, 0.1) is 5.02 Å². The van der Waals surface area contributed by atoms with Crippen molar-refractivity contribution in [3.8, 4) is 0 Å². The molecule has 1 N–H and O–H groups in total. The summed E-state index contributed by atoms with van der Waals surface area (Å²) in [6.45, 7) is 3.65. The smallest absolute Gasteiger partial charge is 0.275 e. The lowest BCUT2D eigenvalue weighted by molar-refractivity contribution is 0.628. The number of hydrogen-bond donors (Lipinski definition) is 1. The third-order valence-electron chi connectivity index (χ3n) is 4.59. The summed E-state index contributed by atoms with van der Waals surface area (Å²) < 4.78 is 14.7. The molecule has 0 bridgehead atoms. The molecule has 9 heteroatoms. The standard InChI is InChI=1S/C18H19ClFN5OS/c1-2-3-11-8-16(26)25-18(22-11)27-17(23-25)21-12-6-7-24(10-12)13-4-5-15(20)14(19)9-13/h4-5,8-9,12H,2-3,6-7,10H2,1H3,(H,21,23). The molecule has 1 aliphatic rings.